The van der Waals surface area contributed by atoms with Crippen LogP contribution >= 0.6 is 0 Å². The van der Waals surface area contributed by atoms with Crippen LogP contribution in [0.1, 0.15) is 5.56 Å². The third-order valence-corrected chi connectivity index (χ3v) is 7.83. The molecule has 186 valence electrons. The number of aromatic nitrogens is 4. The van der Waals surface area contributed by atoms with Crippen molar-refractivity contribution in [3.8, 4) is 0 Å². The lowest BCUT2D eigenvalue weighted by molar-refractivity contribution is 0.188. The van der Waals surface area contributed by atoms with Crippen molar-refractivity contribution in [1.29, 1.82) is 0 Å². The average molecular weight is 497 g/mol. The Morgan fingerprint density at radius 2 is 1.69 bits per heavy atom. The van der Waals surface area contributed by atoms with Gasteiger partial charge in [-0.2, -0.15) is 4.98 Å². The van der Waals surface area contributed by atoms with Gasteiger partial charge in [0.15, 0.2) is 11.6 Å². The number of nitrogens with one attached hydrogen (secondary N) is 1. The molecule has 2 aromatic heterocycles. The summed E-state index contributed by atoms with van der Waals surface area (Å²) in [6, 6.07) is 10.4. The molecule has 0 saturated carbocycles. The Hall–Kier alpha value is -2.89. The van der Waals surface area contributed by atoms with Crippen molar-refractivity contribution in [3.05, 3.63) is 42.2 Å². The van der Waals surface area contributed by atoms with E-state index in [0.29, 0.717) is 48.4 Å². The lowest BCUT2D eigenvalue weighted by atomic mass is 10.1. The van der Waals surface area contributed by atoms with E-state index < -0.39 is 10.8 Å². The van der Waals surface area contributed by atoms with Crippen LogP contribution < -0.4 is 15.1 Å². The highest BCUT2D eigenvalue weighted by Gasteiger charge is 2.25. The number of hydrogen-bond acceptors (Lipinski definition) is 10. The summed E-state index contributed by atoms with van der Waals surface area (Å²) in [5.74, 6) is 3.43. The summed E-state index contributed by atoms with van der Waals surface area (Å²) in [4.78, 5) is 25.6. The predicted molar refractivity (Wildman–Crippen MR) is 140 cm³/mol. The number of benzene rings is 1. The first-order valence-electron chi connectivity index (χ1n) is 12.2. The van der Waals surface area contributed by atoms with Gasteiger partial charge in [0.1, 0.15) is 17.4 Å². The Kier molecular flexibility index (Phi) is 7.65. The molecule has 11 heteroatoms. The van der Waals surface area contributed by atoms with Gasteiger partial charge >= 0.3 is 0 Å². The molecular formula is C24H32N8O2S. The third-order valence-electron chi connectivity index (χ3n) is 6.55. The fraction of sp³-hybridized carbons (Fsp3) is 0.500. The van der Waals surface area contributed by atoms with Gasteiger partial charge in [0.25, 0.3) is 0 Å². The number of rotatable bonds is 8. The van der Waals surface area contributed by atoms with Gasteiger partial charge in [-0.3, -0.25) is 9.11 Å². The highest BCUT2D eigenvalue weighted by atomic mass is 32.2. The fourth-order valence-corrected chi connectivity index (χ4v) is 5.60. The molecule has 2 saturated heterocycles. The molecule has 1 aromatic carbocycles. The first-order valence-corrected chi connectivity index (χ1v) is 13.7. The van der Waals surface area contributed by atoms with E-state index in [1.165, 1.54) is 5.56 Å². The Labute approximate surface area is 207 Å². The molecule has 0 radical (unpaired) electrons. The number of aliphatic hydroxyl groups is 1. The molecular weight excluding hydrogens is 464 g/mol. The van der Waals surface area contributed by atoms with Gasteiger partial charge in [-0.15, -0.1) is 0 Å². The van der Waals surface area contributed by atoms with Gasteiger partial charge in [0, 0.05) is 74.7 Å². The summed E-state index contributed by atoms with van der Waals surface area (Å²) < 4.78 is 12.0. The molecule has 2 aliphatic heterocycles. The first-order chi connectivity index (χ1) is 17.2. The van der Waals surface area contributed by atoms with E-state index in [9.17, 15) is 9.32 Å². The van der Waals surface area contributed by atoms with Crippen molar-refractivity contribution in [2.75, 3.05) is 85.6 Å². The van der Waals surface area contributed by atoms with Crippen molar-refractivity contribution in [2.24, 2.45) is 0 Å². The van der Waals surface area contributed by atoms with Crippen LogP contribution in [0.15, 0.2) is 36.7 Å². The van der Waals surface area contributed by atoms with E-state index >= 15 is 0 Å². The molecule has 0 spiro atoms. The van der Waals surface area contributed by atoms with Gasteiger partial charge in [0.05, 0.1) is 6.61 Å². The second-order valence-corrected chi connectivity index (χ2v) is 10.5. The molecule has 2 aliphatic rings. The smallest absolute Gasteiger partial charge is 0.228 e. The van der Waals surface area contributed by atoms with E-state index in [0.717, 1.165) is 50.5 Å². The molecule has 0 atom stereocenters. The Bertz CT molecular complexity index is 1150. The Balaban J connectivity index is 1.44. The summed E-state index contributed by atoms with van der Waals surface area (Å²) >= 11 is 0. The van der Waals surface area contributed by atoms with Crippen LogP contribution in [0.3, 0.4) is 0 Å². The van der Waals surface area contributed by atoms with Crippen LogP contribution in [0, 0.1) is 0 Å². The molecule has 2 N–H and O–H groups in total. The summed E-state index contributed by atoms with van der Waals surface area (Å²) in [6.45, 7) is 6.24. The number of nitrogens with zero attached hydrogens (tertiary/aromatic N) is 7. The maximum absolute atomic E-state index is 12.0. The Morgan fingerprint density at radius 3 is 2.43 bits per heavy atom. The third kappa shape index (κ3) is 5.68. The van der Waals surface area contributed by atoms with Crippen LogP contribution in [0.5, 0.6) is 0 Å². The molecule has 0 aliphatic carbocycles. The van der Waals surface area contributed by atoms with Crippen LogP contribution in [0.25, 0.3) is 11.0 Å². The van der Waals surface area contributed by atoms with Gasteiger partial charge in [-0.1, -0.05) is 30.3 Å². The summed E-state index contributed by atoms with van der Waals surface area (Å²) in [5, 5.41) is 12.7. The maximum atomic E-state index is 12.0. The topological polar surface area (TPSA) is 111 Å². The summed E-state index contributed by atoms with van der Waals surface area (Å²) in [5.41, 5.74) is 2.69. The van der Waals surface area contributed by atoms with Gasteiger partial charge in [-0.05, 0) is 12.0 Å². The predicted octanol–water partition coefficient (Wildman–Crippen LogP) is 0.757. The number of hydrogen-bond donors (Lipinski definition) is 2. The second-order valence-electron chi connectivity index (χ2n) is 8.82. The lowest BCUT2D eigenvalue weighted by Gasteiger charge is -2.35. The van der Waals surface area contributed by atoms with E-state index in [2.05, 4.69) is 42.1 Å². The molecule has 5 rings (SSSR count). The number of anilines is 3. The molecule has 2 fully saturated rings. The van der Waals surface area contributed by atoms with Crippen LogP contribution in [0.2, 0.25) is 0 Å². The fourth-order valence-electron chi connectivity index (χ4n) is 4.54. The van der Waals surface area contributed by atoms with Crippen molar-refractivity contribution in [3.63, 3.8) is 0 Å². The zero-order chi connectivity index (χ0) is 24.0. The maximum Gasteiger partial charge on any atom is 0.228 e. The van der Waals surface area contributed by atoms with E-state index in [-0.39, 0.29) is 6.61 Å². The van der Waals surface area contributed by atoms with Crippen molar-refractivity contribution in [2.45, 2.75) is 6.42 Å². The quantitative estimate of drug-likeness (QED) is 0.464. The first kappa shape index (κ1) is 23.8. The number of aliphatic hydroxyl groups excluding tert-OH is 1. The van der Waals surface area contributed by atoms with Gasteiger partial charge in [0.2, 0.25) is 5.95 Å². The number of piperazine rings is 1. The SMILES string of the molecule is O=S1CCN(c2nc(N3CCN(CCO)CC3)nc3c(NCCc4ccccc4)ncnc23)CC1. The Morgan fingerprint density at radius 1 is 0.914 bits per heavy atom. The van der Waals surface area contributed by atoms with E-state index in [1.807, 2.05) is 18.2 Å². The standard InChI is InChI=1S/C24H32N8O2S/c33-15-12-30-8-10-32(11-9-30)24-28-20-21(23(29-24)31-13-16-35(34)17-14-31)26-18-27-22(20)25-7-6-19-4-2-1-3-5-19/h1-5,18,33H,6-17H2,(H,25,26,27). The molecule has 35 heavy (non-hydrogen) atoms. The monoisotopic (exact) mass is 496 g/mol. The molecule has 0 bridgehead atoms. The minimum atomic E-state index is -0.778. The summed E-state index contributed by atoms with van der Waals surface area (Å²) in [6.07, 6.45) is 2.44. The average Bonchev–Trinajstić information content (AvgIpc) is 2.90. The largest absolute Gasteiger partial charge is 0.395 e. The number of β-amino-alcohol motifs (C(OH)–C–C–N with tert-alkyl or cyclic N) is 1. The zero-order valence-electron chi connectivity index (χ0n) is 19.8. The van der Waals surface area contributed by atoms with Crippen molar-refractivity contribution < 1.29 is 9.32 Å². The van der Waals surface area contributed by atoms with E-state index in [1.54, 1.807) is 6.33 Å². The minimum absolute atomic E-state index is 0.169. The van der Waals surface area contributed by atoms with Crippen molar-refractivity contribution >= 4 is 39.4 Å². The molecule has 0 unspecified atom stereocenters. The molecule has 10 nitrogen and oxygen atoms in total. The summed E-state index contributed by atoms with van der Waals surface area (Å²) in [7, 11) is -0.778. The van der Waals surface area contributed by atoms with Crippen LogP contribution in [-0.2, 0) is 17.2 Å². The molecule has 0 amide bonds. The second kappa shape index (κ2) is 11.2. The highest BCUT2D eigenvalue weighted by Crippen LogP contribution is 2.29. The molecule has 3 aromatic rings. The van der Waals surface area contributed by atoms with E-state index in [4.69, 9.17) is 9.97 Å². The molecule has 4 heterocycles. The zero-order valence-corrected chi connectivity index (χ0v) is 20.7. The normalized spacial score (nSPS) is 17.7. The van der Waals surface area contributed by atoms with Gasteiger partial charge in [-0.25, -0.2) is 15.0 Å². The highest BCUT2D eigenvalue weighted by molar-refractivity contribution is 7.85. The van der Waals surface area contributed by atoms with Crippen LogP contribution in [0.4, 0.5) is 17.6 Å². The van der Waals surface area contributed by atoms with Crippen LogP contribution in [-0.4, -0.2) is 105 Å². The van der Waals surface area contributed by atoms with Crippen molar-refractivity contribution in [1.82, 2.24) is 24.8 Å². The number of fused-ring (bicyclic) bond motifs is 1. The minimum Gasteiger partial charge on any atom is -0.395 e. The lowest BCUT2D eigenvalue weighted by Crippen LogP contribution is -2.48. The van der Waals surface area contributed by atoms with Gasteiger partial charge < -0.3 is 20.2 Å².